The molecule has 0 aromatic rings. The van der Waals surface area contributed by atoms with Crippen molar-refractivity contribution in [2.24, 2.45) is 5.41 Å². The Labute approximate surface area is 81.1 Å². The molecule has 2 rings (SSSR count). The summed E-state index contributed by atoms with van der Waals surface area (Å²) in [6, 6.07) is 0. The van der Waals surface area contributed by atoms with Crippen molar-refractivity contribution in [2.45, 2.75) is 6.42 Å². The predicted molar refractivity (Wildman–Crippen MR) is 54.9 cm³/mol. The minimum absolute atomic E-state index is 0.673. The lowest BCUT2D eigenvalue weighted by atomic mass is 9.79. The summed E-state index contributed by atoms with van der Waals surface area (Å²) in [5.74, 6) is 0. The Morgan fingerprint density at radius 1 is 1.38 bits per heavy atom. The number of hydrogen-bond donors (Lipinski definition) is 1. The van der Waals surface area contributed by atoms with Crippen LogP contribution in [0.4, 0.5) is 0 Å². The topological polar surface area (TPSA) is 18.5 Å². The first-order chi connectivity index (χ1) is 6.20. The molecule has 3 nitrogen and oxygen atoms in total. The zero-order valence-electron chi connectivity index (χ0n) is 8.84. The molecular formula is C10H21N3. The maximum absolute atomic E-state index is 3.46. The lowest BCUT2D eigenvalue weighted by Gasteiger charge is -2.48. The third kappa shape index (κ3) is 2.03. The normalized spacial score (nSPS) is 27.0. The van der Waals surface area contributed by atoms with Crippen molar-refractivity contribution < 1.29 is 0 Å². The molecule has 2 saturated heterocycles. The van der Waals surface area contributed by atoms with Crippen LogP contribution in [0.3, 0.4) is 0 Å². The van der Waals surface area contributed by atoms with E-state index in [0.29, 0.717) is 5.41 Å². The maximum atomic E-state index is 3.46. The van der Waals surface area contributed by atoms with Crippen molar-refractivity contribution in [3.05, 3.63) is 0 Å². The largest absolute Gasteiger partial charge is 0.316 e. The highest BCUT2D eigenvalue weighted by atomic mass is 15.2. The molecule has 0 saturated carbocycles. The van der Waals surface area contributed by atoms with Crippen LogP contribution in [0, 0.1) is 5.41 Å². The summed E-state index contributed by atoms with van der Waals surface area (Å²) in [6.45, 7) is 7.59. The number of nitrogens with one attached hydrogen (secondary N) is 1. The number of hydrogen-bond acceptors (Lipinski definition) is 3. The third-order valence-electron chi connectivity index (χ3n) is 3.31. The molecule has 1 spiro atoms. The van der Waals surface area contributed by atoms with E-state index >= 15 is 0 Å². The van der Waals surface area contributed by atoms with Crippen LogP contribution < -0.4 is 5.32 Å². The van der Waals surface area contributed by atoms with Gasteiger partial charge in [-0.1, -0.05) is 0 Å². The Morgan fingerprint density at radius 3 is 2.69 bits per heavy atom. The van der Waals surface area contributed by atoms with E-state index in [4.69, 9.17) is 0 Å². The Bertz CT molecular complexity index is 165. The number of likely N-dealkylation sites (N-methyl/N-ethyl adjacent to an activating group) is 1. The lowest BCUT2D eigenvalue weighted by Crippen LogP contribution is -2.58. The smallest absolute Gasteiger partial charge is 0.0110 e. The van der Waals surface area contributed by atoms with Gasteiger partial charge in [0.15, 0.2) is 0 Å². The first-order valence-corrected chi connectivity index (χ1v) is 5.28. The van der Waals surface area contributed by atoms with Gasteiger partial charge in [-0.3, -0.25) is 0 Å². The van der Waals surface area contributed by atoms with Gasteiger partial charge in [0.25, 0.3) is 0 Å². The van der Waals surface area contributed by atoms with Crippen LogP contribution in [-0.4, -0.2) is 63.2 Å². The summed E-state index contributed by atoms with van der Waals surface area (Å²) in [5, 5.41) is 3.46. The Kier molecular flexibility index (Phi) is 2.58. The van der Waals surface area contributed by atoms with Gasteiger partial charge >= 0.3 is 0 Å². The summed E-state index contributed by atoms with van der Waals surface area (Å²) >= 11 is 0. The average molecular weight is 183 g/mol. The lowest BCUT2D eigenvalue weighted by molar-refractivity contribution is 0.0132. The Morgan fingerprint density at radius 2 is 2.15 bits per heavy atom. The second-order valence-electron chi connectivity index (χ2n) is 4.94. The van der Waals surface area contributed by atoms with Crippen LogP contribution in [0.5, 0.6) is 0 Å². The molecule has 0 unspecified atom stereocenters. The van der Waals surface area contributed by atoms with Gasteiger partial charge in [-0.2, -0.15) is 0 Å². The molecule has 2 heterocycles. The minimum Gasteiger partial charge on any atom is -0.316 e. The van der Waals surface area contributed by atoms with E-state index in [9.17, 15) is 0 Å². The maximum Gasteiger partial charge on any atom is 0.0110 e. The van der Waals surface area contributed by atoms with Gasteiger partial charge in [-0.25, -0.2) is 0 Å². The predicted octanol–water partition coefficient (Wildman–Crippen LogP) is -0.157. The molecule has 13 heavy (non-hydrogen) atoms. The molecule has 0 bridgehead atoms. The molecule has 1 N–H and O–H groups in total. The van der Waals surface area contributed by atoms with Crippen LogP contribution >= 0.6 is 0 Å². The van der Waals surface area contributed by atoms with Crippen molar-refractivity contribution in [2.75, 3.05) is 53.4 Å². The monoisotopic (exact) mass is 183 g/mol. The van der Waals surface area contributed by atoms with E-state index in [2.05, 4.69) is 29.2 Å². The van der Waals surface area contributed by atoms with Gasteiger partial charge in [0.05, 0.1) is 0 Å². The fourth-order valence-corrected chi connectivity index (χ4v) is 2.47. The molecule has 0 aliphatic carbocycles. The molecule has 2 aliphatic heterocycles. The van der Waals surface area contributed by atoms with Crippen LogP contribution in [0.1, 0.15) is 6.42 Å². The molecule has 76 valence electrons. The second-order valence-corrected chi connectivity index (χ2v) is 4.94. The summed E-state index contributed by atoms with van der Waals surface area (Å²) in [5.41, 5.74) is 0.673. The zero-order chi connectivity index (χ0) is 9.31. The molecule has 0 aromatic carbocycles. The van der Waals surface area contributed by atoms with E-state index in [0.717, 1.165) is 0 Å². The van der Waals surface area contributed by atoms with Crippen molar-refractivity contribution in [3.63, 3.8) is 0 Å². The van der Waals surface area contributed by atoms with Gasteiger partial charge in [0.1, 0.15) is 0 Å². The highest BCUT2D eigenvalue weighted by molar-refractivity contribution is 5.00. The van der Waals surface area contributed by atoms with Gasteiger partial charge < -0.3 is 15.1 Å². The van der Waals surface area contributed by atoms with Crippen LogP contribution in [0.15, 0.2) is 0 Å². The quantitative estimate of drug-likeness (QED) is 0.656. The Balaban J connectivity index is 1.66. The standard InChI is InChI=1S/C10H21N3/c1-12(2)5-6-13-8-10(9-13)3-4-11-7-10/h11H,3-9H2,1-2H3. The number of rotatable bonds is 3. The van der Waals surface area contributed by atoms with Crippen LogP contribution in [0.25, 0.3) is 0 Å². The molecular weight excluding hydrogens is 162 g/mol. The van der Waals surface area contributed by atoms with Gasteiger partial charge in [-0.15, -0.1) is 0 Å². The highest BCUT2D eigenvalue weighted by Crippen LogP contribution is 2.35. The minimum atomic E-state index is 0.673. The molecule has 3 heteroatoms. The Hall–Kier alpha value is -0.120. The molecule has 2 fully saturated rings. The highest BCUT2D eigenvalue weighted by Gasteiger charge is 2.44. The summed E-state index contributed by atoms with van der Waals surface area (Å²) in [6.07, 6.45) is 1.39. The van der Waals surface area contributed by atoms with Crippen molar-refractivity contribution in [3.8, 4) is 0 Å². The average Bonchev–Trinajstić information content (AvgIpc) is 2.46. The van der Waals surface area contributed by atoms with E-state index in [1.54, 1.807) is 0 Å². The SMILES string of the molecule is CN(C)CCN1CC2(CCNC2)C1. The molecule has 0 atom stereocenters. The van der Waals surface area contributed by atoms with Gasteiger partial charge in [0, 0.05) is 38.1 Å². The summed E-state index contributed by atoms with van der Waals surface area (Å²) in [4.78, 5) is 4.84. The molecule has 0 amide bonds. The van der Waals surface area contributed by atoms with Crippen LogP contribution in [0.2, 0.25) is 0 Å². The third-order valence-corrected chi connectivity index (χ3v) is 3.31. The molecule has 2 aliphatic rings. The van der Waals surface area contributed by atoms with E-state index in [1.807, 2.05) is 0 Å². The molecule has 0 radical (unpaired) electrons. The van der Waals surface area contributed by atoms with E-state index in [-0.39, 0.29) is 0 Å². The fraction of sp³-hybridized carbons (Fsp3) is 1.00. The van der Waals surface area contributed by atoms with E-state index in [1.165, 1.54) is 45.7 Å². The van der Waals surface area contributed by atoms with Gasteiger partial charge in [-0.05, 0) is 27.1 Å². The first-order valence-electron chi connectivity index (χ1n) is 5.28. The first kappa shape index (κ1) is 9.44. The fourth-order valence-electron chi connectivity index (χ4n) is 2.47. The number of nitrogens with zero attached hydrogens (tertiary/aromatic N) is 2. The van der Waals surface area contributed by atoms with Crippen molar-refractivity contribution in [1.29, 1.82) is 0 Å². The van der Waals surface area contributed by atoms with Crippen molar-refractivity contribution >= 4 is 0 Å². The number of likely N-dealkylation sites (tertiary alicyclic amines) is 1. The van der Waals surface area contributed by atoms with Gasteiger partial charge in [0.2, 0.25) is 0 Å². The second kappa shape index (κ2) is 3.56. The van der Waals surface area contributed by atoms with E-state index < -0.39 is 0 Å². The summed E-state index contributed by atoms with van der Waals surface area (Å²) in [7, 11) is 4.29. The van der Waals surface area contributed by atoms with Crippen molar-refractivity contribution in [1.82, 2.24) is 15.1 Å². The zero-order valence-corrected chi connectivity index (χ0v) is 8.84. The summed E-state index contributed by atoms with van der Waals surface area (Å²) < 4.78 is 0. The van der Waals surface area contributed by atoms with Crippen LogP contribution in [-0.2, 0) is 0 Å². The molecule has 0 aromatic heterocycles.